The minimum absolute atomic E-state index is 0.0577. The first kappa shape index (κ1) is 22.4. The summed E-state index contributed by atoms with van der Waals surface area (Å²) in [5, 5.41) is 25.5. The molecule has 0 spiro atoms. The van der Waals surface area contributed by atoms with Crippen molar-refractivity contribution in [1.82, 2.24) is 10.3 Å². The SMILES string of the molecule is O=C1c2cc(F)c(F)cc2N2c3ccc(F)c(Cl)c3CNCCc3[nH]c(=O)ccc3N1C2(O)O. The van der Waals surface area contributed by atoms with Crippen LogP contribution >= 0.6 is 11.6 Å². The second kappa shape index (κ2) is 7.84. The van der Waals surface area contributed by atoms with Crippen LogP contribution in [0.4, 0.5) is 30.2 Å². The van der Waals surface area contributed by atoms with Gasteiger partial charge in [0.15, 0.2) is 11.6 Å². The number of nitrogens with zero attached hydrogens (tertiary/aromatic N) is 2. The van der Waals surface area contributed by atoms with Crippen molar-refractivity contribution in [3.63, 3.8) is 0 Å². The van der Waals surface area contributed by atoms with Crippen LogP contribution in [0.2, 0.25) is 5.02 Å². The van der Waals surface area contributed by atoms with Crippen molar-refractivity contribution in [2.24, 2.45) is 0 Å². The van der Waals surface area contributed by atoms with Gasteiger partial charge in [-0.3, -0.25) is 14.5 Å². The van der Waals surface area contributed by atoms with Crippen LogP contribution in [0.25, 0.3) is 0 Å². The number of pyridine rings is 1. The lowest BCUT2D eigenvalue weighted by Gasteiger charge is -2.48. The molecule has 2 aromatic carbocycles. The lowest BCUT2D eigenvalue weighted by atomic mass is 10.0. The first-order valence-electron chi connectivity index (χ1n) is 10.1. The molecule has 4 N–H and O–H groups in total. The number of halogens is 4. The number of carbonyl (C=O) groups is 1. The Bertz CT molecular complexity index is 1410. The van der Waals surface area contributed by atoms with E-state index in [9.17, 15) is 33.0 Å². The number of aliphatic hydroxyl groups is 2. The molecule has 0 aliphatic carbocycles. The van der Waals surface area contributed by atoms with Crippen molar-refractivity contribution in [1.29, 1.82) is 0 Å². The van der Waals surface area contributed by atoms with Crippen LogP contribution in [0.3, 0.4) is 0 Å². The summed E-state index contributed by atoms with van der Waals surface area (Å²) in [6.45, 7) is 0.166. The number of aromatic amines is 1. The third-order valence-corrected chi connectivity index (χ3v) is 6.20. The van der Waals surface area contributed by atoms with Crippen molar-refractivity contribution in [2.75, 3.05) is 16.3 Å². The maximum absolute atomic E-state index is 14.3. The van der Waals surface area contributed by atoms with Crippen LogP contribution in [-0.4, -0.2) is 33.7 Å². The minimum atomic E-state index is -3.19. The molecule has 8 nitrogen and oxygen atoms in total. The van der Waals surface area contributed by atoms with E-state index in [-0.39, 0.29) is 52.9 Å². The number of nitrogens with one attached hydrogen (secondary N) is 2. The van der Waals surface area contributed by atoms with Crippen LogP contribution < -0.4 is 20.7 Å². The van der Waals surface area contributed by atoms with E-state index in [1.54, 1.807) is 0 Å². The van der Waals surface area contributed by atoms with Crippen molar-refractivity contribution in [2.45, 2.75) is 19.0 Å². The van der Waals surface area contributed by atoms with E-state index in [2.05, 4.69) is 10.3 Å². The Morgan fingerprint density at radius 2 is 1.62 bits per heavy atom. The van der Waals surface area contributed by atoms with Gasteiger partial charge in [0.25, 0.3) is 5.91 Å². The molecule has 5 rings (SSSR count). The zero-order valence-electron chi connectivity index (χ0n) is 17.2. The summed E-state index contributed by atoms with van der Waals surface area (Å²) >= 11 is 6.20. The van der Waals surface area contributed by atoms with E-state index < -0.39 is 40.5 Å². The number of hydrogen-bond donors (Lipinski definition) is 4. The third-order valence-electron chi connectivity index (χ3n) is 5.80. The van der Waals surface area contributed by atoms with Gasteiger partial charge in [-0.15, -0.1) is 0 Å². The van der Waals surface area contributed by atoms with E-state index in [1.165, 1.54) is 12.1 Å². The molecule has 0 fully saturated rings. The standard InChI is InChI=1S/C22H16ClF3N4O4/c23-20-11-9-27-6-5-15-17(3-4-19(31)28-15)30-21(32)10-7-13(25)14(26)8-18(10)29(22(30,33)34)16(11)2-1-12(20)24/h1-4,7-8,27,33-34H,5-6,9H2,(H,28,31). The van der Waals surface area contributed by atoms with Crippen molar-refractivity contribution >= 4 is 34.6 Å². The number of anilines is 3. The maximum atomic E-state index is 14.3. The highest BCUT2D eigenvalue weighted by Gasteiger charge is 2.52. The monoisotopic (exact) mass is 492 g/mol. The molecule has 0 atom stereocenters. The fourth-order valence-corrected chi connectivity index (χ4v) is 4.50. The molecular weight excluding hydrogens is 477 g/mol. The van der Waals surface area contributed by atoms with Crippen LogP contribution in [-0.2, 0) is 13.0 Å². The molecule has 12 heteroatoms. The van der Waals surface area contributed by atoms with Crippen LogP contribution in [0.5, 0.6) is 0 Å². The van der Waals surface area contributed by atoms with Crippen molar-refractivity contribution in [3.05, 3.63) is 86.0 Å². The molecule has 1 aromatic heterocycles. The Morgan fingerprint density at radius 1 is 0.912 bits per heavy atom. The second-order valence-electron chi connectivity index (χ2n) is 7.83. The normalized spacial score (nSPS) is 16.9. The van der Waals surface area contributed by atoms with Crippen LogP contribution in [0.1, 0.15) is 21.6 Å². The minimum Gasteiger partial charge on any atom is -0.330 e. The molecule has 2 aliphatic heterocycles. The number of amides is 1. The lowest BCUT2D eigenvalue weighted by Crippen LogP contribution is -2.65. The van der Waals surface area contributed by atoms with Gasteiger partial charge in [-0.25, -0.2) is 18.1 Å². The fourth-order valence-electron chi connectivity index (χ4n) is 4.27. The third kappa shape index (κ3) is 3.28. The molecule has 176 valence electrons. The summed E-state index contributed by atoms with van der Waals surface area (Å²) in [5.74, 6) is -4.53. The number of benzene rings is 2. The zero-order valence-corrected chi connectivity index (χ0v) is 18.0. The Hall–Kier alpha value is -3.38. The summed E-state index contributed by atoms with van der Waals surface area (Å²) in [4.78, 5) is 29.3. The number of H-pyrrole nitrogens is 1. The largest absolute Gasteiger partial charge is 0.349 e. The molecule has 0 unspecified atom stereocenters. The van der Waals surface area contributed by atoms with Gasteiger partial charge in [0.1, 0.15) is 5.82 Å². The molecular formula is C22H16ClF3N4O4. The summed E-state index contributed by atoms with van der Waals surface area (Å²) in [5.41, 5.74) is -1.16. The first-order valence-corrected chi connectivity index (χ1v) is 10.5. The quantitative estimate of drug-likeness (QED) is 0.359. The molecule has 34 heavy (non-hydrogen) atoms. The lowest BCUT2D eigenvalue weighted by molar-refractivity contribution is -0.149. The number of fused-ring (bicyclic) bond motifs is 8. The smallest absolute Gasteiger partial charge is 0.330 e. The topological polar surface area (TPSA) is 109 Å². The van der Waals surface area contributed by atoms with Crippen molar-refractivity contribution < 1.29 is 28.2 Å². The van der Waals surface area contributed by atoms with Gasteiger partial charge >= 0.3 is 6.03 Å². The molecule has 2 aliphatic rings. The summed E-state index contributed by atoms with van der Waals surface area (Å²) in [6, 6.07) is 2.54. The second-order valence-corrected chi connectivity index (χ2v) is 8.21. The zero-order chi connectivity index (χ0) is 24.4. The molecule has 3 aromatic rings. The molecule has 1 amide bonds. The molecule has 2 bridgehead atoms. The molecule has 0 saturated heterocycles. The number of aromatic nitrogens is 1. The Labute approximate surface area is 194 Å². The van der Waals surface area contributed by atoms with Crippen LogP contribution in [0.15, 0.2) is 41.2 Å². The maximum Gasteiger partial charge on any atom is 0.349 e. The van der Waals surface area contributed by atoms with E-state index >= 15 is 0 Å². The van der Waals surface area contributed by atoms with Gasteiger partial charge in [0.2, 0.25) is 5.56 Å². The van der Waals surface area contributed by atoms with Gasteiger partial charge < -0.3 is 20.5 Å². The summed E-state index contributed by atoms with van der Waals surface area (Å²) < 4.78 is 42.8. The van der Waals surface area contributed by atoms with Gasteiger partial charge in [-0.05, 0) is 24.3 Å². The van der Waals surface area contributed by atoms with Crippen LogP contribution in [0, 0.1) is 17.5 Å². The molecule has 0 radical (unpaired) electrons. The summed E-state index contributed by atoms with van der Waals surface area (Å²) in [6.07, 6.45) is 0.123. The summed E-state index contributed by atoms with van der Waals surface area (Å²) in [7, 11) is 0. The van der Waals surface area contributed by atoms with Gasteiger partial charge in [0.05, 0.1) is 27.6 Å². The van der Waals surface area contributed by atoms with E-state index in [0.29, 0.717) is 17.0 Å². The Balaban J connectivity index is 1.90. The Kier molecular flexibility index (Phi) is 5.17. The number of hydrogen-bond acceptors (Lipinski definition) is 6. The highest BCUT2D eigenvalue weighted by Crippen LogP contribution is 2.46. The predicted molar refractivity (Wildman–Crippen MR) is 116 cm³/mol. The highest BCUT2D eigenvalue weighted by atomic mass is 35.5. The molecule has 0 saturated carbocycles. The van der Waals surface area contributed by atoms with Gasteiger partial charge in [-0.1, -0.05) is 11.6 Å². The predicted octanol–water partition coefficient (Wildman–Crippen LogP) is 2.49. The van der Waals surface area contributed by atoms with Crippen molar-refractivity contribution in [3.8, 4) is 0 Å². The average molecular weight is 493 g/mol. The van der Waals surface area contributed by atoms with E-state index in [4.69, 9.17) is 11.6 Å². The van der Waals surface area contributed by atoms with Gasteiger partial charge in [-0.2, -0.15) is 0 Å². The van der Waals surface area contributed by atoms with Gasteiger partial charge in [0, 0.05) is 42.9 Å². The van der Waals surface area contributed by atoms with E-state index in [1.807, 2.05) is 0 Å². The number of rotatable bonds is 0. The molecule has 3 heterocycles. The average Bonchev–Trinajstić information content (AvgIpc) is 2.78. The fraction of sp³-hybridized carbons (Fsp3) is 0.182. The first-order chi connectivity index (χ1) is 16.1. The van der Waals surface area contributed by atoms with E-state index in [0.717, 1.165) is 17.0 Å². The number of carbonyl (C=O) groups excluding carboxylic acids is 1. The Morgan fingerprint density at radius 3 is 2.38 bits per heavy atom. The highest BCUT2D eigenvalue weighted by molar-refractivity contribution is 6.32.